The highest BCUT2D eigenvalue weighted by molar-refractivity contribution is 6.18. The number of aromatic nitrogens is 2. The maximum absolute atomic E-state index is 2.42. The van der Waals surface area contributed by atoms with Crippen LogP contribution in [-0.2, 0) is 7.05 Å². The molecule has 0 saturated carbocycles. The number of aryl methyl sites for hydroxylation is 1. The van der Waals surface area contributed by atoms with Crippen LogP contribution in [0.25, 0.3) is 71.6 Å². The van der Waals surface area contributed by atoms with Crippen molar-refractivity contribution in [3.05, 3.63) is 140 Å². The quantitative estimate of drug-likeness (QED) is 0.229. The SMILES string of the molecule is Cn1c2ccccc2c2cc3c4ccccc4n(-c4cccc(-c5ccc(-c6ccccc6)cc5)c4)c3cc21. The Morgan fingerprint density at radius 3 is 1.69 bits per heavy atom. The van der Waals surface area contributed by atoms with Crippen LogP contribution in [-0.4, -0.2) is 9.13 Å². The minimum atomic E-state index is 1.17. The molecule has 0 amide bonds. The molecule has 6 aromatic carbocycles. The molecule has 2 heteroatoms. The molecule has 8 aromatic rings. The maximum atomic E-state index is 2.42. The lowest BCUT2D eigenvalue weighted by molar-refractivity contribution is 1.01. The van der Waals surface area contributed by atoms with E-state index in [2.05, 4.69) is 156 Å². The van der Waals surface area contributed by atoms with E-state index in [-0.39, 0.29) is 0 Å². The molecule has 0 N–H and O–H groups in total. The standard InChI is InChI=1S/C37H26N2/c1-38-34-16-7-5-14-30(34)32-23-33-31-15-6-8-17-35(31)39(37(33)24-36(32)38)29-13-9-12-28(22-29)27-20-18-26(19-21-27)25-10-3-2-4-11-25/h2-24H,1H3. The summed E-state index contributed by atoms with van der Waals surface area (Å²) in [6, 6.07) is 50.6. The lowest BCUT2D eigenvalue weighted by Gasteiger charge is -2.11. The summed E-state index contributed by atoms with van der Waals surface area (Å²) >= 11 is 0. The largest absolute Gasteiger partial charge is 0.344 e. The van der Waals surface area contributed by atoms with Crippen LogP contribution in [0.3, 0.4) is 0 Å². The monoisotopic (exact) mass is 498 g/mol. The van der Waals surface area contributed by atoms with Crippen molar-refractivity contribution in [3.8, 4) is 27.9 Å². The van der Waals surface area contributed by atoms with Gasteiger partial charge in [0.05, 0.1) is 16.6 Å². The van der Waals surface area contributed by atoms with Crippen molar-refractivity contribution >= 4 is 43.6 Å². The molecule has 2 aromatic heterocycles. The Labute approximate surface area is 227 Å². The van der Waals surface area contributed by atoms with Crippen LogP contribution in [0.15, 0.2) is 140 Å². The molecule has 0 atom stereocenters. The second-order valence-corrected chi connectivity index (χ2v) is 10.3. The topological polar surface area (TPSA) is 9.86 Å². The zero-order valence-corrected chi connectivity index (χ0v) is 21.7. The van der Waals surface area contributed by atoms with Crippen molar-refractivity contribution in [2.75, 3.05) is 0 Å². The van der Waals surface area contributed by atoms with E-state index in [0.29, 0.717) is 0 Å². The van der Waals surface area contributed by atoms with Gasteiger partial charge in [-0.15, -0.1) is 0 Å². The van der Waals surface area contributed by atoms with Crippen LogP contribution in [0.5, 0.6) is 0 Å². The van der Waals surface area contributed by atoms with Gasteiger partial charge in [0.15, 0.2) is 0 Å². The van der Waals surface area contributed by atoms with Crippen LogP contribution < -0.4 is 0 Å². The Bertz CT molecular complexity index is 2160. The van der Waals surface area contributed by atoms with Crippen molar-refractivity contribution in [3.63, 3.8) is 0 Å². The van der Waals surface area contributed by atoms with Gasteiger partial charge in [-0.05, 0) is 58.7 Å². The van der Waals surface area contributed by atoms with Gasteiger partial charge in [0.2, 0.25) is 0 Å². The van der Waals surface area contributed by atoms with Crippen LogP contribution in [0.1, 0.15) is 0 Å². The van der Waals surface area contributed by atoms with Gasteiger partial charge in [-0.1, -0.05) is 103 Å². The summed E-state index contributed by atoms with van der Waals surface area (Å²) < 4.78 is 4.74. The lowest BCUT2D eigenvalue weighted by atomic mass is 10.00. The predicted molar refractivity (Wildman–Crippen MR) is 166 cm³/mol. The molecule has 0 unspecified atom stereocenters. The predicted octanol–water partition coefficient (Wildman–Crippen LogP) is 9.76. The zero-order valence-electron chi connectivity index (χ0n) is 21.7. The van der Waals surface area contributed by atoms with E-state index in [9.17, 15) is 0 Å². The number of hydrogen-bond acceptors (Lipinski definition) is 0. The van der Waals surface area contributed by atoms with Gasteiger partial charge < -0.3 is 9.13 Å². The molecule has 0 aliphatic carbocycles. The summed E-state index contributed by atoms with van der Waals surface area (Å²) in [6.07, 6.45) is 0. The summed E-state index contributed by atoms with van der Waals surface area (Å²) in [7, 11) is 2.17. The van der Waals surface area contributed by atoms with Crippen LogP contribution in [0.2, 0.25) is 0 Å². The van der Waals surface area contributed by atoms with Crippen molar-refractivity contribution in [1.29, 1.82) is 0 Å². The Hall–Kier alpha value is -5.08. The Morgan fingerprint density at radius 1 is 0.359 bits per heavy atom. The molecule has 39 heavy (non-hydrogen) atoms. The minimum absolute atomic E-state index is 1.17. The van der Waals surface area contributed by atoms with E-state index in [4.69, 9.17) is 0 Å². The van der Waals surface area contributed by atoms with Crippen LogP contribution in [0, 0.1) is 0 Å². The second kappa shape index (κ2) is 8.47. The number of hydrogen-bond donors (Lipinski definition) is 0. The zero-order chi connectivity index (χ0) is 25.9. The third-order valence-electron chi connectivity index (χ3n) is 8.14. The molecule has 2 nitrogen and oxygen atoms in total. The summed E-state index contributed by atoms with van der Waals surface area (Å²) in [5.41, 5.74) is 11.0. The fourth-order valence-electron chi connectivity index (χ4n) is 6.21. The maximum Gasteiger partial charge on any atom is 0.0562 e. The van der Waals surface area contributed by atoms with E-state index in [1.165, 1.54) is 71.6 Å². The number of fused-ring (bicyclic) bond motifs is 6. The Kier molecular flexibility index (Phi) is 4.77. The van der Waals surface area contributed by atoms with E-state index < -0.39 is 0 Å². The van der Waals surface area contributed by atoms with Gasteiger partial charge in [-0.25, -0.2) is 0 Å². The van der Waals surface area contributed by atoms with E-state index in [1.807, 2.05) is 0 Å². The first kappa shape index (κ1) is 22.0. The molecular weight excluding hydrogens is 472 g/mol. The molecule has 0 spiro atoms. The summed E-state index contributed by atoms with van der Waals surface area (Å²) in [5, 5.41) is 5.16. The molecule has 0 fully saturated rings. The van der Waals surface area contributed by atoms with Crippen molar-refractivity contribution in [2.45, 2.75) is 0 Å². The van der Waals surface area contributed by atoms with Crippen molar-refractivity contribution in [1.82, 2.24) is 9.13 Å². The van der Waals surface area contributed by atoms with Gasteiger partial charge in [-0.2, -0.15) is 0 Å². The first-order valence-corrected chi connectivity index (χ1v) is 13.4. The summed E-state index contributed by atoms with van der Waals surface area (Å²) in [4.78, 5) is 0. The van der Waals surface area contributed by atoms with Gasteiger partial charge in [0.1, 0.15) is 0 Å². The third-order valence-corrected chi connectivity index (χ3v) is 8.14. The number of rotatable bonds is 3. The van der Waals surface area contributed by atoms with E-state index in [0.717, 1.165) is 0 Å². The third kappa shape index (κ3) is 3.35. The Balaban J connectivity index is 1.33. The van der Waals surface area contributed by atoms with Gasteiger partial charge in [-0.3, -0.25) is 0 Å². The highest BCUT2D eigenvalue weighted by Gasteiger charge is 2.16. The smallest absolute Gasteiger partial charge is 0.0562 e. The molecule has 184 valence electrons. The second-order valence-electron chi connectivity index (χ2n) is 10.3. The fourth-order valence-corrected chi connectivity index (χ4v) is 6.21. The van der Waals surface area contributed by atoms with Crippen LogP contribution in [0.4, 0.5) is 0 Å². The molecule has 0 radical (unpaired) electrons. The average Bonchev–Trinajstić information content (AvgIpc) is 3.48. The first-order valence-electron chi connectivity index (χ1n) is 13.4. The van der Waals surface area contributed by atoms with Crippen molar-refractivity contribution < 1.29 is 0 Å². The molecule has 0 bridgehead atoms. The molecule has 0 aliphatic heterocycles. The van der Waals surface area contributed by atoms with Crippen LogP contribution >= 0.6 is 0 Å². The highest BCUT2D eigenvalue weighted by atomic mass is 15.0. The molecule has 2 heterocycles. The van der Waals surface area contributed by atoms with Gasteiger partial charge >= 0.3 is 0 Å². The average molecular weight is 499 g/mol. The number of para-hydroxylation sites is 2. The summed E-state index contributed by atoms with van der Waals surface area (Å²) in [5.74, 6) is 0. The normalized spacial score (nSPS) is 11.7. The molecule has 0 saturated heterocycles. The fraction of sp³-hybridized carbons (Fsp3) is 0.0270. The number of benzene rings is 6. The molecular formula is C37H26N2. The van der Waals surface area contributed by atoms with Crippen molar-refractivity contribution in [2.24, 2.45) is 7.05 Å². The van der Waals surface area contributed by atoms with Gasteiger partial charge in [0.25, 0.3) is 0 Å². The highest BCUT2D eigenvalue weighted by Crippen LogP contribution is 2.38. The lowest BCUT2D eigenvalue weighted by Crippen LogP contribution is -1.95. The summed E-state index contributed by atoms with van der Waals surface area (Å²) in [6.45, 7) is 0. The van der Waals surface area contributed by atoms with E-state index in [1.54, 1.807) is 0 Å². The van der Waals surface area contributed by atoms with Gasteiger partial charge in [0, 0.05) is 39.8 Å². The van der Waals surface area contributed by atoms with E-state index >= 15 is 0 Å². The first-order chi connectivity index (χ1) is 19.3. The molecule has 0 aliphatic rings. The Morgan fingerprint density at radius 2 is 0.923 bits per heavy atom. The number of nitrogens with zero attached hydrogens (tertiary/aromatic N) is 2. The minimum Gasteiger partial charge on any atom is -0.344 e. The molecule has 8 rings (SSSR count).